The number of piperidine rings is 1. The van der Waals surface area contributed by atoms with E-state index in [1.165, 1.54) is 0 Å². The third kappa shape index (κ3) is 4.10. The minimum Gasteiger partial charge on any atom is -0.481 e. The van der Waals surface area contributed by atoms with Crippen LogP contribution in [0.15, 0.2) is 0 Å². The molecule has 6 heteroatoms. The van der Waals surface area contributed by atoms with Crippen LogP contribution in [0.25, 0.3) is 0 Å². The van der Waals surface area contributed by atoms with Gasteiger partial charge >= 0.3 is 12.0 Å². The van der Waals surface area contributed by atoms with Crippen molar-refractivity contribution >= 4 is 12.0 Å². The summed E-state index contributed by atoms with van der Waals surface area (Å²) in [6.45, 7) is 1.93. The second kappa shape index (κ2) is 6.92. The Balaban J connectivity index is 1.82. The van der Waals surface area contributed by atoms with E-state index in [1.54, 1.807) is 0 Å². The van der Waals surface area contributed by atoms with E-state index in [4.69, 9.17) is 0 Å². The van der Waals surface area contributed by atoms with Crippen LogP contribution in [0, 0.1) is 5.92 Å². The van der Waals surface area contributed by atoms with Crippen molar-refractivity contribution < 1.29 is 14.7 Å². The zero-order chi connectivity index (χ0) is 14.5. The fourth-order valence-corrected chi connectivity index (χ4v) is 3.28. The predicted octanol–water partition coefficient (Wildman–Crippen LogP) is 1.02. The van der Waals surface area contributed by atoms with Gasteiger partial charge in [0.1, 0.15) is 0 Å². The molecular formula is C14H25N3O3. The van der Waals surface area contributed by atoms with Crippen molar-refractivity contribution in [1.82, 2.24) is 15.5 Å². The van der Waals surface area contributed by atoms with Crippen LogP contribution < -0.4 is 10.6 Å². The van der Waals surface area contributed by atoms with Crippen molar-refractivity contribution in [3.8, 4) is 0 Å². The van der Waals surface area contributed by atoms with Gasteiger partial charge in [0.25, 0.3) is 0 Å². The Morgan fingerprint density at radius 3 is 2.55 bits per heavy atom. The number of urea groups is 1. The van der Waals surface area contributed by atoms with Crippen LogP contribution in [-0.4, -0.2) is 54.2 Å². The molecule has 3 N–H and O–H groups in total. The zero-order valence-electron chi connectivity index (χ0n) is 12.1. The number of carbonyl (C=O) groups excluding carboxylic acids is 1. The Kier molecular flexibility index (Phi) is 5.23. The monoisotopic (exact) mass is 283 g/mol. The molecule has 0 bridgehead atoms. The number of nitrogens with zero attached hydrogens (tertiary/aromatic N) is 1. The normalized spacial score (nSPS) is 31.6. The van der Waals surface area contributed by atoms with E-state index in [0.717, 1.165) is 45.2 Å². The quantitative estimate of drug-likeness (QED) is 0.722. The number of carboxylic acid groups (broad SMARTS) is 1. The van der Waals surface area contributed by atoms with Gasteiger partial charge in [-0.2, -0.15) is 0 Å². The van der Waals surface area contributed by atoms with Crippen molar-refractivity contribution in [2.24, 2.45) is 5.92 Å². The van der Waals surface area contributed by atoms with Crippen LogP contribution in [0.4, 0.5) is 4.79 Å². The Morgan fingerprint density at radius 2 is 1.85 bits per heavy atom. The SMILES string of the molecule is CN1CCCC(NC(=O)NC2CCCCC2C(=O)O)C1. The minimum absolute atomic E-state index is 0.167. The maximum Gasteiger partial charge on any atom is 0.315 e. The molecule has 2 aliphatic rings. The maximum absolute atomic E-state index is 12.0. The summed E-state index contributed by atoms with van der Waals surface area (Å²) in [6, 6.07) is -0.286. The molecule has 3 unspecified atom stereocenters. The lowest BCUT2D eigenvalue weighted by atomic mass is 9.84. The second-order valence-corrected chi connectivity index (χ2v) is 6.05. The molecule has 114 valence electrons. The van der Waals surface area contributed by atoms with Gasteiger partial charge in [-0.3, -0.25) is 4.79 Å². The summed E-state index contributed by atoms with van der Waals surface area (Å²) in [4.78, 5) is 25.4. The molecule has 3 atom stereocenters. The Bertz CT molecular complexity index is 362. The first-order valence-electron chi connectivity index (χ1n) is 7.54. The molecule has 0 spiro atoms. The summed E-state index contributed by atoms with van der Waals surface area (Å²) < 4.78 is 0. The van der Waals surface area contributed by atoms with E-state index in [9.17, 15) is 14.7 Å². The van der Waals surface area contributed by atoms with Crippen LogP contribution in [-0.2, 0) is 4.79 Å². The first kappa shape index (κ1) is 15.1. The number of carbonyl (C=O) groups is 2. The van der Waals surface area contributed by atoms with E-state index in [0.29, 0.717) is 6.42 Å². The number of nitrogens with one attached hydrogen (secondary N) is 2. The summed E-state index contributed by atoms with van der Waals surface area (Å²) >= 11 is 0. The van der Waals surface area contributed by atoms with Crippen LogP contribution in [0.2, 0.25) is 0 Å². The van der Waals surface area contributed by atoms with E-state index in [-0.39, 0.29) is 18.1 Å². The predicted molar refractivity (Wildman–Crippen MR) is 75.6 cm³/mol. The van der Waals surface area contributed by atoms with E-state index in [2.05, 4.69) is 15.5 Å². The van der Waals surface area contributed by atoms with Crippen LogP contribution in [0.1, 0.15) is 38.5 Å². The average Bonchev–Trinajstić information content (AvgIpc) is 2.38. The Hall–Kier alpha value is -1.30. The summed E-state index contributed by atoms with van der Waals surface area (Å²) in [5, 5.41) is 15.0. The molecule has 0 aromatic carbocycles. The highest BCUT2D eigenvalue weighted by Gasteiger charge is 2.32. The Labute approximate surface area is 119 Å². The first-order chi connectivity index (χ1) is 9.56. The van der Waals surface area contributed by atoms with Crippen LogP contribution in [0.5, 0.6) is 0 Å². The smallest absolute Gasteiger partial charge is 0.315 e. The van der Waals surface area contributed by atoms with Crippen molar-refractivity contribution in [1.29, 1.82) is 0 Å². The fraction of sp³-hybridized carbons (Fsp3) is 0.857. The van der Waals surface area contributed by atoms with Crippen molar-refractivity contribution in [2.75, 3.05) is 20.1 Å². The number of rotatable bonds is 3. The highest BCUT2D eigenvalue weighted by molar-refractivity contribution is 5.77. The summed E-state index contributed by atoms with van der Waals surface area (Å²) in [6.07, 6.45) is 5.42. The molecule has 1 saturated heterocycles. The number of likely N-dealkylation sites (N-methyl/N-ethyl adjacent to an activating group) is 1. The van der Waals surface area contributed by atoms with E-state index >= 15 is 0 Å². The van der Waals surface area contributed by atoms with Gasteiger partial charge in [-0.25, -0.2) is 4.79 Å². The second-order valence-electron chi connectivity index (χ2n) is 6.05. The molecule has 2 rings (SSSR count). The van der Waals surface area contributed by atoms with Crippen molar-refractivity contribution in [2.45, 2.75) is 50.6 Å². The molecule has 1 aliphatic heterocycles. The Morgan fingerprint density at radius 1 is 1.10 bits per heavy atom. The number of carboxylic acids is 1. The molecule has 1 saturated carbocycles. The maximum atomic E-state index is 12.0. The van der Waals surface area contributed by atoms with Gasteiger partial charge in [-0.15, -0.1) is 0 Å². The number of likely N-dealkylation sites (tertiary alicyclic amines) is 1. The standard InChI is InChI=1S/C14H25N3O3/c1-17-8-4-5-10(9-17)15-14(20)16-12-7-3-2-6-11(12)13(18)19/h10-12H,2-9H2,1H3,(H,18,19)(H2,15,16,20). The molecule has 1 heterocycles. The van der Waals surface area contributed by atoms with Crippen molar-refractivity contribution in [3.05, 3.63) is 0 Å². The molecule has 20 heavy (non-hydrogen) atoms. The number of aliphatic carboxylic acids is 1. The third-order valence-electron chi connectivity index (χ3n) is 4.36. The van der Waals surface area contributed by atoms with Gasteiger partial charge in [-0.1, -0.05) is 12.8 Å². The fourth-order valence-electron chi connectivity index (χ4n) is 3.28. The first-order valence-corrected chi connectivity index (χ1v) is 7.54. The molecule has 0 aromatic heterocycles. The van der Waals surface area contributed by atoms with E-state index < -0.39 is 11.9 Å². The van der Waals surface area contributed by atoms with Crippen LogP contribution in [0.3, 0.4) is 0 Å². The van der Waals surface area contributed by atoms with Gasteiger partial charge in [0.05, 0.1) is 5.92 Å². The van der Waals surface area contributed by atoms with E-state index in [1.807, 2.05) is 7.05 Å². The average molecular weight is 283 g/mol. The molecule has 2 fully saturated rings. The highest BCUT2D eigenvalue weighted by atomic mass is 16.4. The lowest BCUT2D eigenvalue weighted by molar-refractivity contribution is -0.143. The summed E-state index contributed by atoms with van der Waals surface area (Å²) in [7, 11) is 2.05. The van der Waals surface area contributed by atoms with Gasteiger partial charge < -0.3 is 20.6 Å². The summed E-state index contributed by atoms with van der Waals surface area (Å²) in [5.41, 5.74) is 0. The van der Waals surface area contributed by atoms with Gasteiger partial charge in [0, 0.05) is 18.6 Å². The van der Waals surface area contributed by atoms with Crippen LogP contribution >= 0.6 is 0 Å². The van der Waals surface area contributed by atoms with Gasteiger partial charge in [0.2, 0.25) is 0 Å². The van der Waals surface area contributed by atoms with Gasteiger partial charge in [0.15, 0.2) is 0 Å². The highest BCUT2D eigenvalue weighted by Crippen LogP contribution is 2.24. The largest absolute Gasteiger partial charge is 0.481 e. The number of hydrogen-bond donors (Lipinski definition) is 3. The third-order valence-corrected chi connectivity index (χ3v) is 4.36. The lowest BCUT2D eigenvalue weighted by Crippen LogP contribution is -2.54. The number of amides is 2. The molecule has 0 aromatic rings. The zero-order valence-corrected chi connectivity index (χ0v) is 12.1. The van der Waals surface area contributed by atoms with Crippen molar-refractivity contribution in [3.63, 3.8) is 0 Å². The molecule has 1 aliphatic carbocycles. The number of hydrogen-bond acceptors (Lipinski definition) is 3. The molecule has 0 radical (unpaired) electrons. The lowest BCUT2D eigenvalue weighted by Gasteiger charge is -2.32. The minimum atomic E-state index is -0.799. The molecular weight excluding hydrogens is 258 g/mol. The topological polar surface area (TPSA) is 81.7 Å². The molecule has 2 amide bonds. The summed E-state index contributed by atoms with van der Waals surface area (Å²) in [5.74, 6) is -1.24. The molecule has 6 nitrogen and oxygen atoms in total. The van der Waals surface area contributed by atoms with Gasteiger partial charge in [-0.05, 0) is 39.3 Å².